The third kappa shape index (κ3) is 19.8. The van der Waals surface area contributed by atoms with Crippen molar-refractivity contribution in [1.82, 2.24) is 19.9 Å². The van der Waals surface area contributed by atoms with Gasteiger partial charge in [0.2, 0.25) is 14.9 Å². The van der Waals surface area contributed by atoms with Crippen molar-refractivity contribution in [3.63, 3.8) is 0 Å². The number of H-pyrrole nitrogens is 2. The van der Waals surface area contributed by atoms with Gasteiger partial charge in [0.25, 0.3) is 18.1 Å². The van der Waals surface area contributed by atoms with E-state index in [-0.39, 0.29) is 82.1 Å². The summed E-state index contributed by atoms with van der Waals surface area (Å²) in [7, 11) is -4.44. The van der Waals surface area contributed by atoms with Gasteiger partial charge in [0.1, 0.15) is 5.82 Å². The molecule has 0 atom stereocenters. The van der Waals surface area contributed by atoms with E-state index in [0.29, 0.717) is 0 Å². The molecular formula is C13H9ClF3Li3N10O7S2. The number of nitrogens with two attached hydrogens (primary N) is 1. The van der Waals surface area contributed by atoms with Crippen LogP contribution in [-0.4, -0.2) is 55.0 Å². The minimum Gasteiger partial charge on any atom is -1.00 e. The molecule has 0 saturated heterocycles. The van der Waals surface area contributed by atoms with E-state index in [1.54, 1.807) is 0 Å². The Morgan fingerprint density at radius 1 is 1.00 bits per heavy atom. The van der Waals surface area contributed by atoms with E-state index in [4.69, 9.17) is 42.1 Å². The first-order chi connectivity index (χ1) is 16.4. The Morgan fingerprint density at radius 2 is 1.36 bits per heavy atom. The van der Waals surface area contributed by atoms with Crippen molar-refractivity contribution < 1.29 is 103 Å². The fraction of sp³-hybridized carbons (Fsp3) is 0.154. The van der Waals surface area contributed by atoms with Gasteiger partial charge in [-0.2, -0.15) is 13.2 Å². The Labute approximate surface area is 260 Å². The van der Waals surface area contributed by atoms with Crippen LogP contribution in [0.3, 0.4) is 0 Å². The molecule has 2 aromatic heterocycles. The largest absolute Gasteiger partial charge is 1.00 e. The molecule has 4 N–H and O–H groups in total. The smallest absolute Gasteiger partial charge is 1.00 e. The molecule has 0 saturated carbocycles. The molecule has 0 bridgehead atoms. The van der Waals surface area contributed by atoms with Gasteiger partial charge in [0.05, 0.1) is 6.26 Å². The van der Waals surface area contributed by atoms with Crippen LogP contribution in [0.5, 0.6) is 0 Å². The van der Waals surface area contributed by atoms with Crippen LogP contribution in [-0.2, 0) is 28.8 Å². The molecule has 0 radical (unpaired) electrons. The van der Waals surface area contributed by atoms with Crippen molar-refractivity contribution in [2.24, 2.45) is 0 Å². The van der Waals surface area contributed by atoms with Crippen LogP contribution in [0.1, 0.15) is 1.43 Å². The molecule has 0 amide bonds. The number of nitrogens with zero attached hydrogens (tertiary/aromatic N) is 7. The molecule has 0 aromatic carbocycles. The number of sulfonamides is 1. The van der Waals surface area contributed by atoms with Gasteiger partial charge >= 0.3 is 78.1 Å². The van der Waals surface area contributed by atoms with E-state index in [1.165, 1.54) is 0 Å². The zero-order valence-corrected chi connectivity index (χ0v) is 22.4. The topological polar surface area (TPSA) is 233 Å². The third-order valence-corrected chi connectivity index (χ3v) is 3.31. The standard InChI is InChI=1S/C6HF3N5O2S.C5H3N5.CH3ClO2S.CH2O3.3Li.H/c1-10-3-4(11-2)13-5(12-3)14-17(15,16)6(7,8)9;1-7-3-4(8-2)10-5(6)9-3;1-5(2,3)4;2-1-4-3;;;;/h(H-,12,13,14);(H3,6,9,10);1H3;1,3H;;;;/q-1;;;;3*+1;-1/p-1. The summed E-state index contributed by atoms with van der Waals surface area (Å²) in [4.78, 5) is 33.7. The Kier molecular flexibility index (Phi) is 24.9. The number of aromatic nitrogens is 4. The predicted molar refractivity (Wildman–Crippen MR) is 114 cm³/mol. The molecule has 2 rings (SSSR count). The van der Waals surface area contributed by atoms with Crippen LogP contribution in [0.2, 0.25) is 0 Å². The summed E-state index contributed by atoms with van der Waals surface area (Å²) in [5.74, 6) is -1.73. The second-order valence-corrected chi connectivity index (χ2v) is 9.50. The van der Waals surface area contributed by atoms with Crippen LogP contribution >= 0.6 is 10.7 Å². The van der Waals surface area contributed by atoms with E-state index in [1.807, 2.05) is 4.98 Å². The Balaban J connectivity index is -0.000000108. The number of nitrogen functional groups attached to an aromatic ring is 1. The molecule has 0 aliphatic rings. The molecular weight excluding hydrogens is 586 g/mol. The molecule has 0 fully saturated rings. The van der Waals surface area contributed by atoms with Crippen LogP contribution in [0.15, 0.2) is 0 Å². The average Bonchev–Trinajstić information content (AvgIpc) is 3.33. The monoisotopic (exact) mass is 594 g/mol. The Hall–Kier alpha value is -2.82. The number of halogens is 4. The number of anilines is 1. The summed E-state index contributed by atoms with van der Waals surface area (Å²) in [6.45, 7) is 26.0. The van der Waals surface area contributed by atoms with Gasteiger partial charge < -0.3 is 46.7 Å². The fourth-order valence-corrected chi connectivity index (χ4v) is 1.65. The van der Waals surface area contributed by atoms with Crippen LogP contribution < -0.4 is 67.6 Å². The van der Waals surface area contributed by atoms with E-state index in [0.717, 1.165) is 6.26 Å². The number of imidazole rings is 2. The van der Waals surface area contributed by atoms with Gasteiger partial charge in [-0.15, -0.1) is 0 Å². The number of aromatic amines is 2. The van der Waals surface area contributed by atoms with Crippen molar-refractivity contribution >= 4 is 71.4 Å². The minimum absolute atomic E-state index is 0. The van der Waals surface area contributed by atoms with Crippen molar-refractivity contribution in [3.05, 3.63) is 50.4 Å². The van der Waals surface area contributed by atoms with E-state index < -0.39 is 42.2 Å². The zero-order chi connectivity index (χ0) is 28.7. The van der Waals surface area contributed by atoms with Gasteiger partial charge in [0, 0.05) is 10.7 Å². The molecule has 2 aromatic rings. The normalized spacial score (nSPS) is 9.18. The van der Waals surface area contributed by atoms with Gasteiger partial charge in [0.15, 0.2) is 5.95 Å². The zero-order valence-electron chi connectivity index (χ0n) is 21.0. The maximum Gasteiger partial charge on any atom is 1.00 e. The van der Waals surface area contributed by atoms with E-state index >= 15 is 0 Å². The van der Waals surface area contributed by atoms with Crippen molar-refractivity contribution in [1.29, 1.82) is 0 Å². The maximum atomic E-state index is 11.9. The first-order valence-electron chi connectivity index (χ1n) is 7.52. The number of alkyl halides is 3. The molecule has 0 aliphatic heterocycles. The van der Waals surface area contributed by atoms with Gasteiger partial charge in [-0.25, -0.2) is 21.6 Å². The number of carbonyl (C=O) groups is 1. The van der Waals surface area contributed by atoms with Gasteiger partial charge in [-0.1, -0.05) is 31.3 Å². The summed E-state index contributed by atoms with van der Waals surface area (Å²) in [5.41, 5.74) is -0.382. The van der Waals surface area contributed by atoms with Crippen molar-refractivity contribution in [2.45, 2.75) is 5.51 Å². The van der Waals surface area contributed by atoms with Crippen LogP contribution in [0.25, 0.3) is 24.1 Å². The molecule has 17 nitrogen and oxygen atoms in total. The Bertz CT molecular complexity index is 1380. The quantitative estimate of drug-likeness (QED) is 0.0759. The number of carbonyl (C=O) groups excluding carboxylic acids is 1. The van der Waals surface area contributed by atoms with Crippen molar-refractivity contribution in [3.8, 4) is 0 Å². The number of hydrogen-bond acceptors (Lipinski definition) is 10. The molecule has 0 spiro atoms. The van der Waals surface area contributed by atoms with Gasteiger partial charge in [-0.3, -0.25) is 9.78 Å². The second kappa shape index (κ2) is 21.1. The van der Waals surface area contributed by atoms with Crippen LogP contribution in [0, 0.1) is 26.3 Å². The van der Waals surface area contributed by atoms with Crippen molar-refractivity contribution in [2.75, 3.05) is 12.0 Å². The summed E-state index contributed by atoms with van der Waals surface area (Å²) < 4.78 is 78.2. The summed E-state index contributed by atoms with van der Waals surface area (Å²) in [6.07, 6.45) is 0.925. The SMILES string of the molecule is CS(=O)(=O)Cl.O=CO[O-].[C-]#[N+]c1nc(N)[nH]c1[N+]#[C-].[C-]#[N+]c1nc([N-]S(=O)(=O)C(F)(F)F)[nH]c1[N+]#[C-].[H-].[Li+].[Li+].[Li+]. The molecule has 2 heterocycles. The average molecular weight is 595 g/mol. The first kappa shape index (κ1) is 46.1. The van der Waals surface area contributed by atoms with Gasteiger partial charge in [-0.05, 0) is 0 Å². The number of hydrogen-bond donors (Lipinski definition) is 3. The fourth-order valence-electron chi connectivity index (χ4n) is 1.24. The summed E-state index contributed by atoms with van der Waals surface area (Å²) >= 11 is 0. The molecule has 196 valence electrons. The first-order valence-corrected chi connectivity index (χ1v) is 11.7. The molecule has 0 aliphatic carbocycles. The summed E-state index contributed by atoms with van der Waals surface area (Å²) in [5, 5.41) is 8.43. The van der Waals surface area contributed by atoms with E-state index in [2.05, 4.69) is 54.6 Å². The maximum absolute atomic E-state index is 11.9. The molecule has 26 heteroatoms. The Morgan fingerprint density at radius 3 is 1.62 bits per heavy atom. The number of rotatable bonds is 3. The molecule has 39 heavy (non-hydrogen) atoms. The van der Waals surface area contributed by atoms with E-state index in [9.17, 15) is 30.0 Å². The third-order valence-electron chi connectivity index (χ3n) is 2.31. The second-order valence-electron chi connectivity index (χ2n) is 4.86. The predicted octanol–water partition coefficient (Wildman–Crippen LogP) is -6.80. The minimum atomic E-state index is -5.75. The molecule has 0 unspecified atom stereocenters. The van der Waals surface area contributed by atoms with Crippen LogP contribution in [0.4, 0.5) is 48.3 Å². The summed E-state index contributed by atoms with van der Waals surface area (Å²) in [6, 6.07) is 0. The number of nitrogens with one attached hydrogen (secondary N) is 2.